The molecule has 1 rings (SSSR count). The molecule has 0 aliphatic rings. The Morgan fingerprint density at radius 3 is 1.68 bits per heavy atom. The predicted molar refractivity (Wildman–Crippen MR) is 172 cm³/mol. The highest BCUT2D eigenvalue weighted by atomic mass is 16.5. The van der Waals surface area contributed by atoms with Crippen molar-refractivity contribution in [3.05, 3.63) is 11.9 Å². The zero-order valence-corrected chi connectivity index (χ0v) is 28.4. The van der Waals surface area contributed by atoms with Crippen LogP contribution in [0, 0.1) is 5.92 Å². The van der Waals surface area contributed by atoms with Gasteiger partial charge in [-0.1, -0.05) is 31.9 Å². The van der Waals surface area contributed by atoms with E-state index < -0.39 is 0 Å². The summed E-state index contributed by atoms with van der Waals surface area (Å²) in [5.74, 6) is 0.0589. The number of ether oxygens (including phenoxy) is 6. The lowest BCUT2D eigenvalue weighted by Gasteiger charge is -2.09. The average molecular weight is 673 g/mol. The molecule has 47 heavy (non-hydrogen) atoms. The summed E-state index contributed by atoms with van der Waals surface area (Å²) >= 11 is 0. The smallest absolute Gasteiger partial charge is 0.246 e. The van der Waals surface area contributed by atoms with E-state index in [1.54, 1.807) is 0 Å². The van der Waals surface area contributed by atoms with Gasteiger partial charge in [0.2, 0.25) is 17.7 Å². The highest BCUT2D eigenvalue weighted by molar-refractivity contribution is 5.77. The molecule has 0 spiro atoms. The predicted octanol–water partition coefficient (Wildman–Crippen LogP) is 0.0742. The molecular formula is C31H56N6O10. The Labute approximate surface area is 278 Å². The summed E-state index contributed by atoms with van der Waals surface area (Å²) in [5, 5.41) is 16.4. The Morgan fingerprint density at radius 2 is 1.17 bits per heavy atom. The van der Waals surface area contributed by atoms with Crippen molar-refractivity contribution in [2.75, 3.05) is 98.9 Å². The molecule has 16 nitrogen and oxygen atoms in total. The number of aromatic nitrogens is 3. The van der Waals surface area contributed by atoms with E-state index in [4.69, 9.17) is 28.4 Å². The maximum atomic E-state index is 12.1. The molecular weight excluding hydrogens is 616 g/mol. The zero-order valence-electron chi connectivity index (χ0n) is 28.4. The van der Waals surface area contributed by atoms with Crippen molar-refractivity contribution in [2.24, 2.45) is 5.92 Å². The largest absolute Gasteiger partial charge is 0.377 e. The second-order valence-corrected chi connectivity index (χ2v) is 11.1. The molecule has 1 aromatic heterocycles. The molecule has 0 atom stereocenters. The first kappa shape index (κ1) is 42.0. The minimum atomic E-state index is -0.271. The number of nitrogens with zero attached hydrogens (tertiary/aromatic N) is 3. The third-order valence-electron chi connectivity index (χ3n) is 6.21. The van der Waals surface area contributed by atoms with Crippen LogP contribution in [0.15, 0.2) is 6.20 Å². The zero-order chi connectivity index (χ0) is 34.4. The number of carbonyl (C=O) groups excluding carboxylic acids is 4. The number of rotatable bonds is 32. The lowest BCUT2D eigenvalue weighted by Crippen LogP contribution is -2.32. The van der Waals surface area contributed by atoms with E-state index in [9.17, 15) is 19.2 Å². The van der Waals surface area contributed by atoms with Crippen molar-refractivity contribution in [1.82, 2.24) is 30.9 Å². The van der Waals surface area contributed by atoms with Gasteiger partial charge in [-0.25, -0.2) is 0 Å². The fourth-order valence-corrected chi connectivity index (χ4v) is 3.81. The number of hydrogen-bond donors (Lipinski definition) is 3. The summed E-state index contributed by atoms with van der Waals surface area (Å²) in [6.07, 6.45) is 6.23. The van der Waals surface area contributed by atoms with Crippen molar-refractivity contribution in [2.45, 2.75) is 59.4 Å². The molecule has 0 radical (unpaired) electrons. The van der Waals surface area contributed by atoms with Gasteiger partial charge in [0, 0.05) is 45.2 Å². The second-order valence-electron chi connectivity index (χ2n) is 11.1. The van der Waals surface area contributed by atoms with Gasteiger partial charge in [-0.3, -0.25) is 23.9 Å². The fourth-order valence-electron chi connectivity index (χ4n) is 3.81. The first-order chi connectivity index (χ1) is 22.8. The fraction of sp³-hybridized carbons (Fsp3) is 0.806. The molecule has 0 aliphatic carbocycles. The van der Waals surface area contributed by atoms with Gasteiger partial charge in [0.1, 0.15) is 19.8 Å². The van der Waals surface area contributed by atoms with Crippen LogP contribution in [0.1, 0.15) is 52.1 Å². The first-order valence-electron chi connectivity index (χ1n) is 16.4. The molecule has 270 valence electrons. The Balaban J connectivity index is 1.83. The Kier molecular flexibility index (Phi) is 26.0. The van der Waals surface area contributed by atoms with Crippen molar-refractivity contribution in [1.29, 1.82) is 0 Å². The van der Waals surface area contributed by atoms with Crippen LogP contribution in [0.3, 0.4) is 0 Å². The first-order valence-corrected chi connectivity index (χ1v) is 16.4. The minimum absolute atomic E-state index is 0.0423. The van der Waals surface area contributed by atoms with Gasteiger partial charge in [-0.15, -0.1) is 5.10 Å². The lowest BCUT2D eigenvalue weighted by atomic mass is 10.1. The molecule has 0 bridgehead atoms. The van der Waals surface area contributed by atoms with Gasteiger partial charge >= 0.3 is 0 Å². The molecule has 0 aliphatic heterocycles. The minimum Gasteiger partial charge on any atom is -0.377 e. The van der Waals surface area contributed by atoms with E-state index in [1.807, 2.05) is 10.9 Å². The van der Waals surface area contributed by atoms with E-state index in [0.29, 0.717) is 78.0 Å². The van der Waals surface area contributed by atoms with E-state index in [-0.39, 0.29) is 63.1 Å². The number of unbranched alkanes of at least 4 members (excludes halogenated alkanes) is 1. The molecule has 0 unspecified atom stereocenters. The topological polar surface area (TPSA) is 190 Å². The van der Waals surface area contributed by atoms with Crippen molar-refractivity contribution < 1.29 is 47.6 Å². The molecule has 0 saturated carbocycles. The molecule has 0 saturated heterocycles. The van der Waals surface area contributed by atoms with Crippen LogP contribution < -0.4 is 16.0 Å². The quantitative estimate of drug-likeness (QED) is 0.0875. The van der Waals surface area contributed by atoms with Crippen LogP contribution in [0.5, 0.6) is 0 Å². The normalized spacial score (nSPS) is 11.1. The third kappa shape index (κ3) is 27.8. The number of carbonyl (C=O) groups is 4. The Morgan fingerprint density at radius 1 is 0.681 bits per heavy atom. The van der Waals surface area contributed by atoms with Gasteiger partial charge in [-0.05, 0) is 19.3 Å². The number of nitrogens with one attached hydrogen (secondary N) is 3. The molecule has 1 aromatic rings. The Bertz CT molecular complexity index is 978. The SMILES string of the molecule is CC(=O)COCCOCCNC(=O)COCCOCCNC(=O)COCCOCCNC(=O)CCc1cn(CCCCC(C)C)nn1. The van der Waals surface area contributed by atoms with E-state index >= 15 is 0 Å². The maximum absolute atomic E-state index is 12.1. The second kappa shape index (κ2) is 29.1. The molecule has 3 N–H and O–H groups in total. The van der Waals surface area contributed by atoms with Gasteiger partial charge in [0.05, 0.1) is 65.2 Å². The number of amides is 3. The van der Waals surface area contributed by atoms with Crippen LogP contribution in [-0.4, -0.2) is 137 Å². The van der Waals surface area contributed by atoms with E-state index in [1.165, 1.54) is 19.8 Å². The summed E-state index contributed by atoms with van der Waals surface area (Å²) in [4.78, 5) is 46.3. The summed E-state index contributed by atoms with van der Waals surface area (Å²) in [5.41, 5.74) is 0.809. The number of aryl methyl sites for hydroxylation is 2. The summed E-state index contributed by atoms with van der Waals surface area (Å²) < 4.78 is 33.5. The molecule has 16 heteroatoms. The molecule has 1 heterocycles. The van der Waals surface area contributed by atoms with Gasteiger partial charge in [-0.2, -0.15) is 0 Å². The molecule has 3 amide bonds. The van der Waals surface area contributed by atoms with E-state index in [0.717, 1.165) is 18.7 Å². The third-order valence-corrected chi connectivity index (χ3v) is 6.21. The van der Waals surface area contributed by atoms with Crippen LogP contribution in [0.2, 0.25) is 0 Å². The summed E-state index contributed by atoms with van der Waals surface area (Å²) in [7, 11) is 0. The van der Waals surface area contributed by atoms with Gasteiger partial charge in [0.25, 0.3) is 0 Å². The van der Waals surface area contributed by atoms with E-state index in [2.05, 4.69) is 40.1 Å². The van der Waals surface area contributed by atoms with Crippen LogP contribution in [0.25, 0.3) is 0 Å². The number of ketones is 1. The molecule has 0 aromatic carbocycles. The number of hydrogen-bond acceptors (Lipinski definition) is 12. The van der Waals surface area contributed by atoms with Crippen LogP contribution in [-0.2, 0) is 60.6 Å². The Hall–Kier alpha value is -3.02. The van der Waals surface area contributed by atoms with Crippen molar-refractivity contribution in [3.63, 3.8) is 0 Å². The highest BCUT2D eigenvalue weighted by Gasteiger charge is 2.07. The monoisotopic (exact) mass is 672 g/mol. The summed E-state index contributed by atoms with van der Waals surface area (Å²) in [6, 6.07) is 0. The molecule has 0 fully saturated rings. The van der Waals surface area contributed by atoms with Gasteiger partial charge < -0.3 is 44.4 Å². The average Bonchev–Trinajstić information content (AvgIpc) is 3.49. The van der Waals surface area contributed by atoms with Crippen molar-refractivity contribution in [3.8, 4) is 0 Å². The standard InChI is InChI=1S/C31H56N6O10/c1-26(2)6-4-5-12-37-22-28(35-36-37)7-8-29(39)32-9-13-42-17-20-46-24-31(41)34-11-15-44-18-21-47-25-30(40)33-10-14-43-16-19-45-23-27(3)38/h22,26H,4-21,23-25H2,1-3H3,(H,32,39)(H,33,40)(H,34,41). The van der Waals surface area contributed by atoms with Gasteiger partial charge in [0.15, 0.2) is 5.78 Å². The summed E-state index contributed by atoms with van der Waals surface area (Å²) in [6.45, 7) is 10.4. The van der Waals surface area contributed by atoms with Crippen LogP contribution in [0.4, 0.5) is 0 Å². The lowest BCUT2D eigenvalue weighted by molar-refractivity contribution is -0.127. The van der Waals surface area contributed by atoms with Crippen molar-refractivity contribution >= 4 is 23.5 Å². The maximum Gasteiger partial charge on any atom is 0.246 e. The highest BCUT2D eigenvalue weighted by Crippen LogP contribution is 2.07. The van der Waals surface area contributed by atoms with Crippen LogP contribution >= 0.6 is 0 Å². The number of Topliss-reactive ketones (excluding diaryl/α,β-unsaturated/α-hetero) is 1.